The summed E-state index contributed by atoms with van der Waals surface area (Å²) >= 11 is 0. The van der Waals surface area contributed by atoms with Gasteiger partial charge in [0.2, 0.25) is 11.8 Å². The third-order valence-corrected chi connectivity index (χ3v) is 3.73. The van der Waals surface area contributed by atoms with Crippen LogP contribution in [0, 0.1) is 0 Å². The van der Waals surface area contributed by atoms with Crippen LogP contribution >= 0.6 is 0 Å². The van der Waals surface area contributed by atoms with E-state index in [0.717, 1.165) is 29.4 Å². The number of aromatic amines is 1. The second kappa shape index (κ2) is 5.25. The van der Waals surface area contributed by atoms with E-state index in [2.05, 4.69) is 25.7 Å². The lowest BCUT2D eigenvalue weighted by Crippen LogP contribution is -2.25. The van der Waals surface area contributed by atoms with Gasteiger partial charge < -0.3 is 9.84 Å². The molecular weight excluding hydrogens is 282 g/mol. The van der Waals surface area contributed by atoms with E-state index in [1.54, 1.807) is 0 Å². The molecule has 0 saturated heterocycles. The molecule has 1 saturated carbocycles. The molecule has 0 spiro atoms. The minimum Gasteiger partial charge on any atom is -0.348 e. The molecule has 0 atom stereocenters. The number of aromatic nitrogens is 4. The van der Waals surface area contributed by atoms with Crippen LogP contribution in [-0.2, 0) is 17.8 Å². The van der Waals surface area contributed by atoms with Crippen LogP contribution in [0.4, 0.5) is 0 Å². The Bertz CT molecular complexity index is 818. The Morgan fingerprint density at radius 2 is 2.23 bits per heavy atom. The van der Waals surface area contributed by atoms with Gasteiger partial charge in [-0.05, 0) is 18.9 Å². The summed E-state index contributed by atoms with van der Waals surface area (Å²) in [5, 5.41) is 14.7. The van der Waals surface area contributed by atoms with Gasteiger partial charge in [-0.25, -0.2) is 0 Å². The first-order valence-corrected chi connectivity index (χ1v) is 7.31. The number of H-pyrrole nitrogens is 1. The molecule has 1 aliphatic carbocycles. The second-order valence-corrected chi connectivity index (χ2v) is 5.50. The van der Waals surface area contributed by atoms with Crippen molar-refractivity contribution < 1.29 is 9.32 Å². The molecule has 0 radical (unpaired) electrons. The van der Waals surface area contributed by atoms with Crippen LogP contribution in [0.5, 0.6) is 0 Å². The molecule has 1 aliphatic rings. The molecule has 0 bridgehead atoms. The highest BCUT2D eigenvalue weighted by Crippen LogP contribution is 2.38. The third-order valence-electron chi connectivity index (χ3n) is 3.73. The van der Waals surface area contributed by atoms with Gasteiger partial charge in [0.15, 0.2) is 5.82 Å². The van der Waals surface area contributed by atoms with Crippen molar-refractivity contribution in [2.75, 3.05) is 0 Å². The van der Waals surface area contributed by atoms with Crippen LogP contribution in [0.15, 0.2) is 28.8 Å². The Kier molecular flexibility index (Phi) is 3.10. The van der Waals surface area contributed by atoms with Crippen LogP contribution in [0.2, 0.25) is 0 Å². The number of amides is 1. The molecule has 7 heteroatoms. The summed E-state index contributed by atoms with van der Waals surface area (Å²) in [6, 6.07) is 7.70. The standard InChI is InChI=1S/C15H15N5O2/c21-14(7-12-10-3-1-2-4-11(10)18-19-12)16-8-13-17-15(22-20-13)9-5-6-9/h1-4,9H,5-8H2,(H,16,21)(H,18,19). The van der Waals surface area contributed by atoms with Gasteiger partial charge in [-0.2, -0.15) is 10.1 Å². The van der Waals surface area contributed by atoms with Crippen LogP contribution in [0.25, 0.3) is 10.9 Å². The van der Waals surface area contributed by atoms with Crippen molar-refractivity contribution >= 4 is 16.8 Å². The fourth-order valence-electron chi connectivity index (χ4n) is 2.39. The number of hydrogen-bond donors (Lipinski definition) is 2. The first-order valence-electron chi connectivity index (χ1n) is 7.31. The fourth-order valence-corrected chi connectivity index (χ4v) is 2.39. The number of nitrogens with zero attached hydrogens (tertiary/aromatic N) is 3. The highest BCUT2D eigenvalue weighted by molar-refractivity contribution is 5.87. The molecule has 0 unspecified atom stereocenters. The summed E-state index contributed by atoms with van der Waals surface area (Å²) in [6.07, 6.45) is 2.47. The fraction of sp³-hybridized carbons (Fsp3) is 0.333. The number of rotatable bonds is 5. The Hall–Kier alpha value is -2.70. The van der Waals surface area contributed by atoms with E-state index in [9.17, 15) is 4.79 Å². The van der Waals surface area contributed by atoms with Gasteiger partial charge in [0.05, 0.1) is 24.2 Å². The highest BCUT2D eigenvalue weighted by Gasteiger charge is 2.29. The predicted molar refractivity (Wildman–Crippen MR) is 77.9 cm³/mol. The monoisotopic (exact) mass is 297 g/mol. The maximum atomic E-state index is 12.0. The zero-order valence-electron chi connectivity index (χ0n) is 11.9. The summed E-state index contributed by atoms with van der Waals surface area (Å²) in [7, 11) is 0. The van der Waals surface area contributed by atoms with E-state index in [1.807, 2.05) is 24.3 Å². The molecule has 2 heterocycles. The zero-order valence-corrected chi connectivity index (χ0v) is 11.9. The van der Waals surface area contributed by atoms with Crippen molar-refractivity contribution in [2.45, 2.75) is 31.7 Å². The van der Waals surface area contributed by atoms with Gasteiger partial charge in [-0.1, -0.05) is 23.4 Å². The summed E-state index contributed by atoms with van der Waals surface area (Å²) in [4.78, 5) is 16.3. The van der Waals surface area contributed by atoms with Crippen LogP contribution in [-0.4, -0.2) is 26.2 Å². The summed E-state index contributed by atoms with van der Waals surface area (Å²) in [5.74, 6) is 1.52. The number of benzene rings is 1. The first-order chi connectivity index (χ1) is 10.8. The van der Waals surface area contributed by atoms with E-state index in [-0.39, 0.29) is 18.9 Å². The Labute approximate surface area is 126 Å². The van der Waals surface area contributed by atoms with Crippen molar-refractivity contribution in [1.29, 1.82) is 0 Å². The molecular formula is C15H15N5O2. The average Bonchev–Trinajstić information content (AvgIpc) is 3.15. The summed E-state index contributed by atoms with van der Waals surface area (Å²) < 4.78 is 5.16. The average molecular weight is 297 g/mol. The third kappa shape index (κ3) is 2.57. The minimum atomic E-state index is -0.104. The molecule has 112 valence electrons. The summed E-state index contributed by atoms with van der Waals surface area (Å²) in [6.45, 7) is 0.279. The highest BCUT2D eigenvalue weighted by atomic mass is 16.5. The number of carbonyl (C=O) groups is 1. The maximum absolute atomic E-state index is 12.0. The molecule has 0 aliphatic heterocycles. The van der Waals surface area contributed by atoms with Crippen molar-refractivity contribution in [3.05, 3.63) is 41.7 Å². The molecule has 1 aromatic carbocycles. The molecule has 1 fully saturated rings. The molecule has 2 aromatic heterocycles. The van der Waals surface area contributed by atoms with E-state index < -0.39 is 0 Å². The van der Waals surface area contributed by atoms with Gasteiger partial charge >= 0.3 is 0 Å². The van der Waals surface area contributed by atoms with E-state index in [4.69, 9.17) is 4.52 Å². The second-order valence-electron chi connectivity index (χ2n) is 5.50. The molecule has 4 rings (SSSR count). The molecule has 2 N–H and O–H groups in total. The van der Waals surface area contributed by atoms with E-state index >= 15 is 0 Å². The Morgan fingerprint density at radius 3 is 3.09 bits per heavy atom. The summed E-state index contributed by atoms with van der Waals surface area (Å²) in [5.41, 5.74) is 1.66. The van der Waals surface area contributed by atoms with Crippen LogP contribution in [0.1, 0.15) is 36.2 Å². The number of fused-ring (bicyclic) bond motifs is 1. The number of carbonyl (C=O) groups excluding carboxylic acids is 1. The van der Waals surface area contributed by atoms with Gasteiger partial charge in [0, 0.05) is 11.3 Å². The van der Waals surface area contributed by atoms with Crippen molar-refractivity contribution in [1.82, 2.24) is 25.7 Å². The zero-order chi connectivity index (χ0) is 14.9. The normalized spacial score (nSPS) is 14.4. The molecule has 1 amide bonds. The van der Waals surface area contributed by atoms with Crippen molar-refractivity contribution in [3.63, 3.8) is 0 Å². The predicted octanol–water partition coefficient (Wildman–Crippen LogP) is 1.68. The van der Waals surface area contributed by atoms with E-state index in [1.165, 1.54) is 0 Å². The first kappa shape index (κ1) is 13.0. The molecule has 3 aromatic rings. The SMILES string of the molecule is O=C(Cc1[nH]nc2ccccc12)NCc1noc(C2CC2)n1. The van der Waals surface area contributed by atoms with Gasteiger partial charge in [0.1, 0.15) is 0 Å². The van der Waals surface area contributed by atoms with Crippen LogP contribution < -0.4 is 5.32 Å². The quantitative estimate of drug-likeness (QED) is 0.747. The van der Waals surface area contributed by atoms with Gasteiger partial charge in [-0.3, -0.25) is 9.89 Å². The lowest BCUT2D eigenvalue weighted by atomic mass is 10.1. The van der Waals surface area contributed by atoms with E-state index in [0.29, 0.717) is 17.6 Å². The number of nitrogens with one attached hydrogen (secondary N) is 2. The number of para-hydroxylation sites is 1. The smallest absolute Gasteiger partial charge is 0.229 e. The van der Waals surface area contributed by atoms with Crippen molar-refractivity contribution in [3.8, 4) is 0 Å². The minimum absolute atomic E-state index is 0.104. The molecule has 7 nitrogen and oxygen atoms in total. The van der Waals surface area contributed by atoms with Crippen molar-refractivity contribution in [2.24, 2.45) is 0 Å². The Balaban J connectivity index is 1.37. The van der Waals surface area contributed by atoms with Crippen LogP contribution in [0.3, 0.4) is 0 Å². The van der Waals surface area contributed by atoms with Gasteiger partial charge in [0.25, 0.3) is 0 Å². The van der Waals surface area contributed by atoms with Gasteiger partial charge in [-0.15, -0.1) is 0 Å². The number of hydrogen-bond acceptors (Lipinski definition) is 5. The lowest BCUT2D eigenvalue weighted by molar-refractivity contribution is -0.120. The Morgan fingerprint density at radius 1 is 1.36 bits per heavy atom. The largest absolute Gasteiger partial charge is 0.348 e. The lowest BCUT2D eigenvalue weighted by Gasteiger charge is -2.01. The maximum Gasteiger partial charge on any atom is 0.229 e. The topological polar surface area (TPSA) is 96.7 Å². The molecule has 22 heavy (non-hydrogen) atoms.